The van der Waals surface area contributed by atoms with Crippen molar-refractivity contribution in [3.05, 3.63) is 69.2 Å². The van der Waals surface area contributed by atoms with E-state index in [1.807, 2.05) is 25.1 Å². The van der Waals surface area contributed by atoms with Gasteiger partial charge in [0.15, 0.2) is 0 Å². The van der Waals surface area contributed by atoms with Crippen molar-refractivity contribution >= 4 is 29.1 Å². The molecule has 1 atom stereocenters. The van der Waals surface area contributed by atoms with Crippen LogP contribution in [0, 0.1) is 0 Å². The zero-order valence-electron chi connectivity index (χ0n) is 12.4. The molecule has 0 aliphatic heterocycles. The number of rotatable bonds is 5. The Morgan fingerprint density at radius 1 is 1.18 bits per heavy atom. The van der Waals surface area contributed by atoms with Crippen molar-refractivity contribution in [1.29, 1.82) is 0 Å². The largest absolute Gasteiger partial charge is 0.380 e. The van der Waals surface area contributed by atoms with Crippen LogP contribution in [0.1, 0.15) is 34.5 Å². The lowest BCUT2D eigenvalue weighted by Gasteiger charge is -2.16. The van der Waals surface area contributed by atoms with Gasteiger partial charge in [0.2, 0.25) is 0 Å². The summed E-state index contributed by atoms with van der Waals surface area (Å²) in [5.74, 6) is -0.150. The Labute approximate surface area is 140 Å². The van der Waals surface area contributed by atoms with Crippen LogP contribution in [-0.2, 0) is 11.3 Å². The summed E-state index contributed by atoms with van der Waals surface area (Å²) in [6.07, 6.45) is 0. The number of carbonyl (C=O) groups is 1. The normalized spacial score (nSPS) is 12.0. The fourth-order valence-electron chi connectivity index (χ4n) is 2.13. The van der Waals surface area contributed by atoms with E-state index in [4.69, 9.17) is 27.9 Å². The first-order chi connectivity index (χ1) is 10.5. The topological polar surface area (TPSA) is 38.3 Å². The van der Waals surface area contributed by atoms with E-state index < -0.39 is 0 Å². The molecule has 0 saturated heterocycles. The Morgan fingerprint density at radius 2 is 1.86 bits per heavy atom. The Bertz CT molecular complexity index is 656. The molecule has 2 rings (SSSR count). The highest BCUT2D eigenvalue weighted by atomic mass is 35.5. The lowest BCUT2D eigenvalue weighted by Crippen LogP contribution is -2.26. The maximum atomic E-state index is 12.3. The quantitative estimate of drug-likeness (QED) is 0.863. The number of carbonyl (C=O) groups excluding carboxylic acids is 1. The smallest absolute Gasteiger partial charge is 0.251 e. The van der Waals surface area contributed by atoms with E-state index in [0.717, 1.165) is 11.1 Å². The van der Waals surface area contributed by atoms with Gasteiger partial charge in [0.1, 0.15) is 0 Å². The van der Waals surface area contributed by atoms with Crippen molar-refractivity contribution in [2.75, 3.05) is 7.11 Å². The van der Waals surface area contributed by atoms with Gasteiger partial charge in [-0.25, -0.2) is 0 Å². The summed E-state index contributed by atoms with van der Waals surface area (Å²) in [4.78, 5) is 12.3. The van der Waals surface area contributed by atoms with Crippen LogP contribution in [0.5, 0.6) is 0 Å². The van der Waals surface area contributed by atoms with Crippen molar-refractivity contribution in [1.82, 2.24) is 5.32 Å². The van der Waals surface area contributed by atoms with Crippen molar-refractivity contribution in [2.24, 2.45) is 0 Å². The van der Waals surface area contributed by atoms with Crippen molar-refractivity contribution < 1.29 is 9.53 Å². The number of halogens is 2. The highest BCUT2D eigenvalue weighted by Crippen LogP contribution is 2.26. The van der Waals surface area contributed by atoms with Crippen molar-refractivity contribution in [2.45, 2.75) is 19.6 Å². The van der Waals surface area contributed by atoms with E-state index >= 15 is 0 Å². The molecule has 0 bridgehead atoms. The van der Waals surface area contributed by atoms with Crippen LogP contribution in [0.4, 0.5) is 0 Å². The third kappa shape index (κ3) is 4.23. The zero-order valence-corrected chi connectivity index (χ0v) is 13.9. The minimum Gasteiger partial charge on any atom is -0.380 e. The fourth-order valence-corrected chi connectivity index (χ4v) is 2.70. The summed E-state index contributed by atoms with van der Waals surface area (Å²) in [7, 11) is 1.64. The monoisotopic (exact) mass is 337 g/mol. The standard InChI is InChI=1S/C17H17Cl2NO2/c1-11(15-8-7-14(18)9-16(15)19)20-17(21)13-5-3-12(4-6-13)10-22-2/h3-9,11H,10H2,1-2H3,(H,20,21). The molecular weight excluding hydrogens is 321 g/mol. The molecule has 1 unspecified atom stereocenters. The number of amides is 1. The molecule has 0 heterocycles. The van der Waals surface area contributed by atoms with Crippen molar-refractivity contribution in [3.63, 3.8) is 0 Å². The summed E-state index contributed by atoms with van der Waals surface area (Å²) >= 11 is 12.0. The summed E-state index contributed by atoms with van der Waals surface area (Å²) in [6.45, 7) is 2.41. The van der Waals surface area contributed by atoms with E-state index in [9.17, 15) is 4.79 Å². The lowest BCUT2D eigenvalue weighted by atomic mass is 10.1. The van der Waals surface area contributed by atoms with Crippen LogP contribution in [0.2, 0.25) is 10.0 Å². The first kappa shape index (κ1) is 16.8. The molecule has 1 N–H and O–H groups in total. The fraction of sp³-hybridized carbons (Fsp3) is 0.235. The van der Waals surface area contributed by atoms with Crippen LogP contribution in [0.25, 0.3) is 0 Å². The van der Waals surface area contributed by atoms with Crippen molar-refractivity contribution in [3.8, 4) is 0 Å². The summed E-state index contributed by atoms with van der Waals surface area (Å²) < 4.78 is 5.05. The van der Waals surface area contributed by atoms with Crippen LogP contribution in [-0.4, -0.2) is 13.0 Å². The highest BCUT2D eigenvalue weighted by molar-refractivity contribution is 6.35. The molecule has 0 aliphatic carbocycles. The van der Waals surface area contributed by atoms with Crippen LogP contribution >= 0.6 is 23.2 Å². The van der Waals surface area contributed by atoms with Gasteiger partial charge >= 0.3 is 0 Å². The molecular formula is C17H17Cl2NO2. The second-order valence-electron chi connectivity index (χ2n) is 4.99. The first-order valence-corrected chi connectivity index (χ1v) is 7.60. The average Bonchev–Trinajstić information content (AvgIpc) is 2.48. The second kappa shape index (κ2) is 7.63. The number of hydrogen-bond acceptors (Lipinski definition) is 2. The van der Waals surface area contributed by atoms with Gasteiger partial charge in [-0.05, 0) is 42.3 Å². The van der Waals surface area contributed by atoms with Gasteiger partial charge in [0, 0.05) is 22.7 Å². The molecule has 0 saturated carbocycles. The molecule has 22 heavy (non-hydrogen) atoms. The van der Waals surface area contributed by atoms with E-state index in [1.165, 1.54) is 0 Å². The number of methoxy groups -OCH3 is 1. The Kier molecular flexibility index (Phi) is 5.83. The summed E-state index contributed by atoms with van der Waals surface area (Å²) in [5.41, 5.74) is 2.44. The molecule has 2 aromatic rings. The molecule has 5 heteroatoms. The molecule has 3 nitrogen and oxygen atoms in total. The predicted octanol–water partition coefficient (Wildman–Crippen LogP) is 4.63. The number of benzene rings is 2. The van der Waals surface area contributed by atoms with Gasteiger partial charge in [-0.3, -0.25) is 4.79 Å². The molecule has 0 fully saturated rings. The van der Waals surface area contributed by atoms with Gasteiger partial charge in [0.25, 0.3) is 5.91 Å². The molecule has 0 radical (unpaired) electrons. The first-order valence-electron chi connectivity index (χ1n) is 6.85. The van der Waals surface area contributed by atoms with E-state index in [1.54, 1.807) is 31.4 Å². The summed E-state index contributed by atoms with van der Waals surface area (Å²) in [6, 6.07) is 12.3. The maximum Gasteiger partial charge on any atom is 0.251 e. The summed E-state index contributed by atoms with van der Waals surface area (Å²) in [5, 5.41) is 4.03. The van der Waals surface area contributed by atoms with Gasteiger partial charge in [-0.1, -0.05) is 41.4 Å². The van der Waals surface area contributed by atoms with Crippen LogP contribution < -0.4 is 5.32 Å². The van der Waals surface area contributed by atoms with E-state index in [2.05, 4.69) is 5.32 Å². The molecule has 0 aliphatic rings. The van der Waals surface area contributed by atoms with Gasteiger partial charge < -0.3 is 10.1 Å². The molecule has 0 spiro atoms. The van der Waals surface area contributed by atoms with Crippen LogP contribution in [0.3, 0.4) is 0 Å². The SMILES string of the molecule is COCc1ccc(C(=O)NC(C)c2ccc(Cl)cc2Cl)cc1. The third-order valence-corrected chi connectivity index (χ3v) is 3.87. The Hall–Kier alpha value is -1.55. The lowest BCUT2D eigenvalue weighted by molar-refractivity contribution is 0.0940. The zero-order chi connectivity index (χ0) is 16.1. The molecule has 2 aromatic carbocycles. The van der Waals surface area contributed by atoms with Gasteiger partial charge in [-0.2, -0.15) is 0 Å². The highest BCUT2D eigenvalue weighted by Gasteiger charge is 2.14. The maximum absolute atomic E-state index is 12.3. The van der Waals surface area contributed by atoms with Gasteiger partial charge in [0.05, 0.1) is 12.6 Å². The molecule has 0 aromatic heterocycles. The molecule has 1 amide bonds. The second-order valence-corrected chi connectivity index (χ2v) is 5.83. The average molecular weight is 338 g/mol. The Balaban J connectivity index is 2.07. The number of ether oxygens (including phenoxy) is 1. The molecule has 116 valence electrons. The predicted molar refractivity (Wildman–Crippen MR) is 89.5 cm³/mol. The van der Waals surface area contributed by atoms with Crippen LogP contribution in [0.15, 0.2) is 42.5 Å². The Morgan fingerprint density at radius 3 is 2.45 bits per heavy atom. The minimum absolute atomic E-state index is 0.150. The van der Waals surface area contributed by atoms with E-state index in [-0.39, 0.29) is 11.9 Å². The number of nitrogens with one attached hydrogen (secondary N) is 1. The number of hydrogen-bond donors (Lipinski definition) is 1. The van der Waals surface area contributed by atoms with Gasteiger partial charge in [-0.15, -0.1) is 0 Å². The third-order valence-electron chi connectivity index (χ3n) is 3.30. The van der Waals surface area contributed by atoms with E-state index in [0.29, 0.717) is 22.2 Å². The minimum atomic E-state index is -0.212.